The fraction of sp³-hybridized carbons (Fsp3) is 0.375. The second-order valence-electron chi connectivity index (χ2n) is 5.83. The van der Waals surface area contributed by atoms with Crippen LogP contribution in [0, 0.1) is 5.92 Å². The fourth-order valence-corrected chi connectivity index (χ4v) is 3.34. The van der Waals surface area contributed by atoms with Gasteiger partial charge in [-0.25, -0.2) is 0 Å². The van der Waals surface area contributed by atoms with E-state index in [4.69, 9.17) is 0 Å². The highest BCUT2D eigenvalue weighted by molar-refractivity contribution is 9.10. The number of carboxylic acid groups (broad SMARTS) is 1. The molecule has 116 valence electrons. The summed E-state index contributed by atoms with van der Waals surface area (Å²) < 4.78 is 0.954. The molecule has 1 aliphatic heterocycles. The lowest BCUT2D eigenvalue weighted by Gasteiger charge is -2.36. The number of nitrogens with one attached hydrogen (secondary N) is 1. The smallest absolute Gasteiger partial charge is 0.308 e. The summed E-state index contributed by atoms with van der Waals surface area (Å²) in [4.78, 5) is 28.7. The maximum absolute atomic E-state index is 12.7. The normalized spacial score (nSPS) is 22.0. The standard InChI is InChI=1S/C16H17BrN2O3/c1-9-2-3-10(16(21)22)8-19(9)15(20)14-7-11-6-12(17)4-5-13(11)18-14/h4-7,9-10,18H,2-3,8H2,1H3,(H,21,22). The molecular weight excluding hydrogens is 348 g/mol. The van der Waals surface area contributed by atoms with Gasteiger partial charge in [0.15, 0.2) is 0 Å². The van der Waals surface area contributed by atoms with Crippen LogP contribution in [-0.4, -0.2) is 39.5 Å². The number of hydrogen-bond donors (Lipinski definition) is 2. The van der Waals surface area contributed by atoms with Crippen molar-refractivity contribution in [3.05, 3.63) is 34.4 Å². The summed E-state index contributed by atoms with van der Waals surface area (Å²) in [7, 11) is 0. The average Bonchev–Trinajstić information content (AvgIpc) is 2.89. The molecule has 3 rings (SSSR count). The van der Waals surface area contributed by atoms with Crippen molar-refractivity contribution in [1.29, 1.82) is 0 Å². The minimum Gasteiger partial charge on any atom is -0.481 e. The van der Waals surface area contributed by atoms with Gasteiger partial charge in [-0.3, -0.25) is 9.59 Å². The number of rotatable bonds is 2. The van der Waals surface area contributed by atoms with Gasteiger partial charge in [-0.2, -0.15) is 0 Å². The first-order chi connectivity index (χ1) is 10.5. The number of fused-ring (bicyclic) bond motifs is 1. The van der Waals surface area contributed by atoms with Crippen molar-refractivity contribution in [2.75, 3.05) is 6.54 Å². The Labute approximate surface area is 136 Å². The van der Waals surface area contributed by atoms with E-state index >= 15 is 0 Å². The molecule has 2 atom stereocenters. The van der Waals surface area contributed by atoms with Crippen LogP contribution in [0.1, 0.15) is 30.3 Å². The number of H-pyrrole nitrogens is 1. The number of carbonyl (C=O) groups excluding carboxylic acids is 1. The summed E-state index contributed by atoms with van der Waals surface area (Å²) in [5.74, 6) is -1.44. The molecule has 0 saturated carbocycles. The first-order valence-corrected chi connectivity index (χ1v) is 8.07. The number of nitrogens with zero attached hydrogens (tertiary/aromatic N) is 1. The third-order valence-corrected chi connectivity index (χ3v) is 4.80. The summed E-state index contributed by atoms with van der Waals surface area (Å²) in [5.41, 5.74) is 1.40. The maximum atomic E-state index is 12.7. The first kappa shape index (κ1) is 15.1. The highest BCUT2D eigenvalue weighted by atomic mass is 79.9. The zero-order valence-corrected chi connectivity index (χ0v) is 13.8. The monoisotopic (exact) mass is 364 g/mol. The van der Waals surface area contributed by atoms with Gasteiger partial charge >= 0.3 is 5.97 Å². The Balaban J connectivity index is 1.88. The Morgan fingerprint density at radius 3 is 2.82 bits per heavy atom. The van der Waals surface area contributed by atoms with Crippen LogP contribution in [-0.2, 0) is 4.79 Å². The third-order valence-electron chi connectivity index (χ3n) is 4.31. The zero-order chi connectivity index (χ0) is 15.9. The molecule has 0 radical (unpaired) electrons. The van der Waals surface area contributed by atoms with Crippen LogP contribution in [0.4, 0.5) is 0 Å². The Hall–Kier alpha value is -1.82. The molecule has 1 aromatic heterocycles. The number of likely N-dealkylation sites (tertiary alicyclic amines) is 1. The molecule has 2 aromatic rings. The van der Waals surface area contributed by atoms with Crippen LogP contribution in [0.25, 0.3) is 10.9 Å². The van der Waals surface area contributed by atoms with Crippen molar-refractivity contribution in [3.8, 4) is 0 Å². The van der Waals surface area contributed by atoms with Gasteiger partial charge in [-0.05, 0) is 44.0 Å². The quantitative estimate of drug-likeness (QED) is 0.858. The Bertz CT molecular complexity index is 740. The van der Waals surface area contributed by atoms with E-state index < -0.39 is 11.9 Å². The molecule has 2 unspecified atom stereocenters. The van der Waals surface area contributed by atoms with Crippen LogP contribution in [0.15, 0.2) is 28.7 Å². The summed E-state index contributed by atoms with van der Waals surface area (Å²) in [5, 5.41) is 10.1. The van der Waals surface area contributed by atoms with E-state index in [2.05, 4.69) is 20.9 Å². The van der Waals surface area contributed by atoms with Crippen molar-refractivity contribution in [2.24, 2.45) is 5.92 Å². The van der Waals surface area contributed by atoms with Crippen LogP contribution >= 0.6 is 15.9 Å². The van der Waals surface area contributed by atoms with E-state index in [-0.39, 0.29) is 18.5 Å². The van der Waals surface area contributed by atoms with Crippen molar-refractivity contribution in [1.82, 2.24) is 9.88 Å². The number of halogens is 1. The van der Waals surface area contributed by atoms with E-state index in [1.54, 1.807) is 4.90 Å². The number of amides is 1. The number of hydrogen-bond acceptors (Lipinski definition) is 2. The molecule has 5 nitrogen and oxygen atoms in total. The number of carboxylic acids is 1. The Morgan fingerprint density at radius 1 is 1.32 bits per heavy atom. The number of aromatic nitrogens is 1. The molecule has 22 heavy (non-hydrogen) atoms. The van der Waals surface area contributed by atoms with Gasteiger partial charge < -0.3 is 15.0 Å². The Kier molecular flexibility index (Phi) is 3.95. The molecule has 2 N–H and O–H groups in total. The fourth-order valence-electron chi connectivity index (χ4n) is 2.96. The number of piperidine rings is 1. The summed E-state index contributed by atoms with van der Waals surface area (Å²) in [6.07, 6.45) is 1.34. The molecule has 1 saturated heterocycles. The molecule has 1 amide bonds. The Morgan fingerprint density at radius 2 is 2.09 bits per heavy atom. The molecule has 0 aliphatic carbocycles. The molecule has 2 heterocycles. The highest BCUT2D eigenvalue weighted by Crippen LogP contribution is 2.26. The van der Waals surface area contributed by atoms with Crippen LogP contribution in [0.2, 0.25) is 0 Å². The summed E-state index contributed by atoms with van der Waals surface area (Å²) >= 11 is 3.41. The lowest BCUT2D eigenvalue weighted by Crippen LogP contribution is -2.47. The van der Waals surface area contributed by atoms with Crippen LogP contribution in [0.3, 0.4) is 0 Å². The first-order valence-electron chi connectivity index (χ1n) is 7.28. The molecule has 1 aromatic carbocycles. The molecule has 1 fully saturated rings. The zero-order valence-electron chi connectivity index (χ0n) is 12.2. The second-order valence-corrected chi connectivity index (χ2v) is 6.75. The van der Waals surface area contributed by atoms with Crippen molar-refractivity contribution < 1.29 is 14.7 Å². The minimum atomic E-state index is -0.828. The van der Waals surface area contributed by atoms with Gasteiger partial charge in [0.25, 0.3) is 5.91 Å². The molecular formula is C16H17BrN2O3. The van der Waals surface area contributed by atoms with Crippen molar-refractivity contribution >= 4 is 38.7 Å². The van der Waals surface area contributed by atoms with Gasteiger partial charge in [0.1, 0.15) is 5.69 Å². The maximum Gasteiger partial charge on any atom is 0.308 e. The predicted molar refractivity (Wildman–Crippen MR) is 86.9 cm³/mol. The van der Waals surface area contributed by atoms with E-state index in [1.807, 2.05) is 31.2 Å². The topological polar surface area (TPSA) is 73.4 Å². The summed E-state index contributed by atoms with van der Waals surface area (Å²) in [6.45, 7) is 2.24. The van der Waals surface area contributed by atoms with Gasteiger partial charge in [-0.1, -0.05) is 15.9 Å². The lowest BCUT2D eigenvalue weighted by atomic mass is 9.93. The summed E-state index contributed by atoms with van der Waals surface area (Å²) in [6, 6.07) is 7.65. The largest absolute Gasteiger partial charge is 0.481 e. The van der Waals surface area contributed by atoms with Gasteiger partial charge in [0, 0.05) is 28.0 Å². The number of aromatic amines is 1. The van der Waals surface area contributed by atoms with Crippen molar-refractivity contribution in [3.63, 3.8) is 0 Å². The van der Waals surface area contributed by atoms with E-state index in [1.165, 1.54) is 0 Å². The molecule has 0 spiro atoms. The third kappa shape index (κ3) is 2.75. The van der Waals surface area contributed by atoms with Gasteiger partial charge in [0.05, 0.1) is 5.92 Å². The average molecular weight is 365 g/mol. The van der Waals surface area contributed by atoms with E-state index in [0.717, 1.165) is 15.4 Å². The van der Waals surface area contributed by atoms with Gasteiger partial charge in [0.2, 0.25) is 0 Å². The molecule has 1 aliphatic rings. The second kappa shape index (κ2) is 5.76. The van der Waals surface area contributed by atoms with Crippen LogP contribution < -0.4 is 0 Å². The lowest BCUT2D eigenvalue weighted by molar-refractivity contribution is -0.143. The van der Waals surface area contributed by atoms with Crippen molar-refractivity contribution in [2.45, 2.75) is 25.8 Å². The predicted octanol–water partition coefficient (Wildman–Crippen LogP) is 3.26. The number of carbonyl (C=O) groups is 2. The van der Waals surface area contributed by atoms with E-state index in [9.17, 15) is 14.7 Å². The van der Waals surface area contributed by atoms with Gasteiger partial charge in [-0.15, -0.1) is 0 Å². The molecule has 0 bridgehead atoms. The minimum absolute atomic E-state index is 0.0567. The number of aliphatic carboxylic acids is 1. The van der Waals surface area contributed by atoms with E-state index in [0.29, 0.717) is 18.5 Å². The van der Waals surface area contributed by atoms with Crippen LogP contribution in [0.5, 0.6) is 0 Å². The molecule has 6 heteroatoms. The number of benzene rings is 1. The SMILES string of the molecule is CC1CCC(C(=O)O)CN1C(=O)c1cc2cc(Br)ccc2[nH]1. The highest BCUT2D eigenvalue weighted by Gasteiger charge is 2.33.